The summed E-state index contributed by atoms with van der Waals surface area (Å²) in [5, 5.41) is 0. The number of furan rings is 1. The molecule has 108 valence electrons. The van der Waals surface area contributed by atoms with Crippen molar-refractivity contribution < 1.29 is 9.15 Å². The van der Waals surface area contributed by atoms with Crippen LogP contribution in [0, 0.1) is 13.8 Å². The zero-order chi connectivity index (χ0) is 14.7. The van der Waals surface area contributed by atoms with Crippen LogP contribution in [0.2, 0.25) is 0 Å². The Kier molecular flexibility index (Phi) is 4.86. The number of benzene rings is 1. The van der Waals surface area contributed by atoms with E-state index in [0.29, 0.717) is 0 Å². The van der Waals surface area contributed by atoms with Crippen LogP contribution in [0.25, 0.3) is 0 Å². The fourth-order valence-corrected chi connectivity index (χ4v) is 2.79. The first-order valence-corrected chi connectivity index (χ1v) is 7.20. The lowest BCUT2D eigenvalue weighted by Gasteiger charge is -2.17. The molecule has 0 aliphatic carbocycles. The number of nitrogens with two attached hydrogens (primary N) is 1. The molecule has 1 atom stereocenters. The van der Waals surface area contributed by atoms with E-state index in [2.05, 4.69) is 21.4 Å². The van der Waals surface area contributed by atoms with Gasteiger partial charge in [0.1, 0.15) is 17.3 Å². The molecule has 0 fully saturated rings. The van der Waals surface area contributed by atoms with E-state index in [9.17, 15) is 0 Å². The first-order valence-electron chi connectivity index (χ1n) is 6.40. The smallest absolute Gasteiger partial charge is 0.122 e. The van der Waals surface area contributed by atoms with Crippen molar-refractivity contribution in [3.63, 3.8) is 0 Å². The zero-order valence-corrected chi connectivity index (χ0v) is 13.5. The van der Waals surface area contributed by atoms with Crippen molar-refractivity contribution in [2.24, 2.45) is 5.84 Å². The molecule has 2 aromatic rings. The summed E-state index contributed by atoms with van der Waals surface area (Å²) in [7, 11) is 1.67. The van der Waals surface area contributed by atoms with E-state index in [-0.39, 0.29) is 6.04 Å². The standard InChI is InChI=1S/C15H19BrN2O2/c1-9-6-13(10(2)20-9)14(18-17)8-11-7-12(16)4-5-15(11)19-3/h4-7,14,18H,8,17H2,1-3H3. The van der Waals surface area contributed by atoms with E-state index in [1.165, 1.54) is 0 Å². The number of hydrogen-bond donors (Lipinski definition) is 2. The Morgan fingerprint density at radius 3 is 2.65 bits per heavy atom. The third-order valence-electron chi connectivity index (χ3n) is 3.32. The third kappa shape index (κ3) is 3.23. The number of rotatable bonds is 5. The van der Waals surface area contributed by atoms with Gasteiger partial charge in [-0.25, -0.2) is 0 Å². The van der Waals surface area contributed by atoms with E-state index in [1.807, 2.05) is 38.1 Å². The molecule has 1 heterocycles. The molecule has 1 aromatic carbocycles. The highest BCUT2D eigenvalue weighted by Gasteiger charge is 2.18. The monoisotopic (exact) mass is 338 g/mol. The predicted molar refractivity (Wildman–Crippen MR) is 82.6 cm³/mol. The molecular weight excluding hydrogens is 320 g/mol. The van der Waals surface area contributed by atoms with Crippen LogP contribution in [0.15, 0.2) is 33.2 Å². The van der Waals surface area contributed by atoms with Crippen LogP contribution in [-0.4, -0.2) is 7.11 Å². The van der Waals surface area contributed by atoms with Gasteiger partial charge in [0.2, 0.25) is 0 Å². The van der Waals surface area contributed by atoms with Gasteiger partial charge in [-0.2, -0.15) is 0 Å². The number of methoxy groups -OCH3 is 1. The number of hydrazine groups is 1. The van der Waals surface area contributed by atoms with E-state index in [0.717, 1.165) is 39.3 Å². The van der Waals surface area contributed by atoms with Crippen LogP contribution in [0.4, 0.5) is 0 Å². The van der Waals surface area contributed by atoms with E-state index in [1.54, 1.807) is 7.11 Å². The fraction of sp³-hybridized carbons (Fsp3) is 0.333. The maximum absolute atomic E-state index is 5.72. The molecule has 20 heavy (non-hydrogen) atoms. The summed E-state index contributed by atoms with van der Waals surface area (Å²) < 4.78 is 12.0. The summed E-state index contributed by atoms with van der Waals surface area (Å²) in [6, 6.07) is 7.95. The maximum Gasteiger partial charge on any atom is 0.122 e. The third-order valence-corrected chi connectivity index (χ3v) is 3.82. The van der Waals surface area contributed by atoms with Crippen LogP contribution in [0.1, 0.15) is 28.7 Å². The Labute approximate surface area is 127 Å². The second-order valence-electron chi connectivity index (χ2n) is 4.75. The SMILES string of the molecule is COc1ccc(Br)cc1CC(NN)c1cc(C)oc1C. The summed E-state index contributed by atoms with van der Waals surface area (Å²) in [5.41, 5.74) is 5.02. The van der Waals surface area contributed by atoms with Crippen molar-refractivity contribution in [3.8, 4) is 5.75 Å². The van der Waals surface area contributed by atoms with E-state index < -0.39 is 0 Å². The summed E-state index contributed by atoms with van der Waals surface area (Å²) in [6.07, 6.45) is 0.721. The van der Waals surface area contributed by atoms with Gasteiger partial charge >= 0.3 is 0 Å². The lowest BCUT2D eigenvalue weighted by Crippen LogP contribution is -2.29. The molecule has 0 spiro atoms. The molecule has 0 aliphatic heterocycles. The Morgan fingerprint density at radius 1 is 1.35 bits per heavy atom. The molecule has 0 saturated heterocycles. The first kappa shape index (κ1) is 15.1. The van der Waals surface area contributed by atoms with Crippen LogP contribution in [0.3, 0.4) is 0 Å². The topological polar surface area (TPSA) is 60.4 Å². The molecule has 0 saturated carbocycles. The number of hydrogen-bond acceptors (Lipinski definition) is 4. The molecular formula is C15H19BrN2O2. The van der Waals surface area contributed by atoms with Crippen molar-refractivity contribution in [1.29, 1.82) is 0 Å². The van der Waals surface area contributed by atoms with Crippen molar-refractivity contribution in [2.75, 3.05) is 7.11 Å². The quantitative estimate of drug-likeness (QED) is 0.647. The fourth-order valence-electron chi connectivity index (χ4n) is 2.38. The van der Waals surface area contributed by atoms with Gasteiger partial charge in [0.05, 0.1) is 13.2 Å². The zero-order valence-electron chi connectivity index (χ0n) is 11.9. The minimum Gasteiger partial charge on any atom is -0.496 e. The molecule has 4 nitrogen and oxygen atoms in total. The minimum absolute atomic E-state index is 0.0179. The average molecular weight is 339 g/mol. The van der Waals surface area contributed by atoms with Gasteiger partial charge in [0.15, 0.2) is 0 Å². The summed E-state index contributed by atoms with van der Waals surface area (Å²) in [6.45, 7) is 3.88. The average Bonchev–Trinajstić information content (AvgIpc) is 2.75. The molecule has 0 bridgehead atoms. The molecule has 0 aliphatic rings. The number of halogens is 1. The van der Waals surface area contributed by atoms with Gasteiger partial charge in [0.25, 0.3) is 0 Å². The van der Waals surface area contributed by atoms with Crippen LogP contribution in [0.5, 0.6) is 5.75 Å². The Bertz CT molecular complexity index is 596. The molecule has 0 radical (unpaired) electrons. The van der Waals surface area contributed by atoms with Crippen LogP contribution >= 0.6 is 15.9 Å². The minimum atomic E-state index is -0.0179. The second kappa shape index (κ2) is 6.43. The second-order valence-corrected chi connectivity index (χ2v) is 5.66. The molecule has 5 heteroatoms. The Morgan fingerprint density at radius 2 is 2.10 bits per heavy atom. The van der Waals surface area contributed by atoms with E-state index in [4.69, 9.17) is 15.0 Å². The molecule has 1 unspecified atom stereocenters. The highest BCUT2D eigenvalue weighted by Crippen LogP contribution is 2.29. The van der Waals surface area contributed by atoms with Crippen molar-refractivity contribution >= 4 is 15.9 Å². The normalized spacial score (nSPS) is 12.4. The Balaban J connectivity index is 2.31. The molecule has 2 rings (SSSR count). The number of ether oxygens (including phenoxy) is 1. The lowest BCUT2D eigenvalue weighted by atomic mass is 9.99. The van der Waals surface area contributed by atoms with E-state index >= 15 is 0 Å². The van der Waals surface area contributed by atoms with Gasteiger partial charge < -0.3 is 9.15 Å². The molecule has 0 amide bonds. The van der Waals surface area contributed by atoms with Gasteiger partial charge in [-0.3, -0.25) is 11.3 Å². The number of aryl methyl sites for hydroxylation is 2. The highest BCUT2D eigenvalue weighted by atomic mass is 79.9. The van der Waals surface area contributed by atoms with Gasteiger partial charge in [-0.15, -0.1) is 0 Å². The van der Waals surface area contributed by atoms with Crippen molar-refractivity contribution in [2.45, 2.75) is 26.3 Å². The molecule has 1 aromatic heterocycles. The summed E-state index contributed by atoms with van der Waals surface area (Å²) in [4.78, 5) is 0. The van der Waals surface area contributed by atoms with Crippen LogP contribution in [-0.2, 0) is 6.42 Å². The first-order chi connectivity index (χ1) is 9.55. The van der Waals surface area contributed by atoms with Crippen LogP contribution < -0.4 is 16.0 Å². The largest absolute Gasteiger partial charge is 0.496 e. The molecule has 3 N–H and O–H groups in total. The number of nitrogens with one attached hydrogen (secondary N) is 1. The van der Waals surface area contributed by atoms with Gasteiger partial charge in [0, 0.05) is 10.0 Å². The Hall–Kier alpha value is -1.30. The predicted octanol–water partition coefficient (Wildman–Crippen LogP) is 3.41. The lowest BCUT2D eigenvalue weighted by molar-refractivity contribution is 0.405. The van der Waals surface area contributed by atoms with Crippen molar-refractivity contribution in [3.05, 3.63) is 51.4 Å². The maximum atomic E-state index is 5.72. The summed E-state index contributed by atoms with van der Waals surface area (Å²) in [5.74, 6) is 8.35. The van der Waals surface area contributed by atoms with Gasteiger partial charge in [-0.1, -0.05) is 15.9 Å². The van der Waals surface area contributed by atoms with Crippen molar-refractivity contribution in [1.82, 2.24) is 5.43 Å². The highest BCUT2D eigenvalue weighted by molar-refractivity contribution is 9.10. The summed E-state index contributed by atoms with van der Waals surface area (Å²) >= 11 is 3.49. The van der Waals surface area contributed by atoms with Gasteiger partial charge in [-0.05, 0) is 50.1 Å².